The number of sulfonamides is 1. The molecule has 0 radical (unpaired) electrons. The van der Waals surface area contributed by atoms with E-state index >= 15 is 0 Å². The molecule has 0 saturated carbocycles. The SMILES string of the molecule is CCCNC(=O)CN1CCC(NC(=O)c2ccc3c(c2)SC2=NS(=O)(=O)CCN23)CC1. The topological polar surface area (TPSA) is 111 Å². The highest BCUT2D eigenvalue weighted by Crippen LogP contribution is 2.42. The zero-order valence-electron chi connectivity index (χ0n) is 17.5. The van der Waals surface area contributed by atoms with E-state index in [2.05, 4.69) is 19.9 Å². The summed E-state index contributed by atoms with van der Waals surface area (Å²) in [6, 6.07) is 5.50. The van der Waals surface area contributed by atoms with Crippen LogP contribution in [0.2, 0.25) is 0 Å². The molecule has 3 aliphatic rings. The average Bonchev–Trinajstić information content (AvgIpc) is 3.08. The molecule has 0 aliphatic carbocycles. The third-order valence-electron chi connectivity index (χ3n) is 5.60. The van der Waals surface area contributed by atoms with Crippen LogP contribution in [0.4, 0.5) is 5.69 Å². The maximum atomic E-state index is 12.8. The van der Waals surface area contributed by atoms with E-state index in [-0.39, 0.29) is 23.6 Å². The lowest BCUT2D eigenvalue weighted by molar-refractivity contribution is -0.122. The minimum Gasteiger partial charge on any atom is -0.355 e. The van der Waals surface area contributed by atoms with Gasteiger partial charge in [0, 0.05) is 42.7 Å². The Hall–Kier alpha value is -2.11. The fraction of sp³-hybridized carbons (Fsp3) is 0.550. The molecule has 2 N–H and O–H groups in total. The van der Waals surface area contributed by atoms with Gasteiger partial charge >= 0.3 is 0 Å². The van der Waals surface area contributed by atoms with Crippen molar-refractivity contribution in [2.45, 2.75) is 37.1 Å². The third kappa shape index (κ3) is 5.21. The largest absolute Gasteiger partial charge is 0.355 e. The lowest BCUT2D eigenvalue weighted by atomic mass is 10.0. The highest BCUT2D eigenvalue weighted by molar-refractivity contribution is 8.15. The lowest BCUT2D eigenvalue weighted by Crippen LogP contribution is -2.47. The summed E-state index contributed by atoms with van der Waals surface area (Å²) in [5, 5.41) is 6.44. The third-order valence-corrected chi connectivity index (χ3v) is 7.90. The second kappa shape index (κ2) is 9.17. The summed E-state index contributed by atoms with van der Waals surface area (Å²) >= 11 is 1.28. The number of amides is 2. The molecule has 3 heterocycles. The van der Waals surface area contributed by atoms with Crippen LogP contribution in [0.1, 0.15) is 36.5 Å². The molecule has 0 aromatic heterocycles. The van der Waals surface area contributed by atoms with Crippen molar-refractivity contribution in [3.63, 3.8) is 0 Å². The van der Waals surface area contributed by atoms with Crippen LogP contribution in [-0.4, -0.2) is 74.8 Å². The molecule has 3 aliphatic heterocycles. The Morgan fingerprint density at radius 3 is 2.74 bits per heavy atom. The first kappa shape index (κ1) is 22.1. The van der Waals surface area contributed by atoms with Gasteiger partial charge in [-0.15, -0.1) is 4.40 Å². The number of nitrogens with zero attached hydrogens (tertiary/aromatic N) is 3. The number of anilines is 1. The maximum absolute atomic E-state index is 12.8. The van der Waals surface area contributed by atoms with E-state index in [1.54, 1.807) is 12.1 Å². The van der Waals surface area contributed by atoms with Gasteiger partial charge in [0.25, 0.3) is 15.9 Å². The number of likely N-dealkylation sites (tertiary alicyclic amines) is 1. The Morgan fingerprint density at radius 1 is 1.23 bits per heavy atom. The molecule has 0 bridgehead atoms. The Kier molecular flexibility index (Phi) is 6.54. The van der Waals surface area contributed by atoms with E-state index in [0.29, 0.717) is 30.4 Å². The summed E-state index contributed by atoms with van der Waals surface area (Å²) in [6.45, 7) is 5.05. The minimum absolute atomic E-state index is 0.00228. The van der Waals surface area contributed by atoms with E-state index in [9.17, 15) is 18.0 Å². The summed E-state index contributed by atoms with van der Waals surface area (Å²) in [6.07, 6.45) is 2.52. The van der Waals surface area contributed by atoms with Gasteiger partial charge in [-0.3, -0.25) is 14.5 Å². The average molecular weight is 466 g/mol. The number of piperidine rings is 1. The van der Waals surface area contributed by atoms with Crippen molar-refractivity contribution in [2.24, 2.45) is 4.40 Å². The molecule has 4 rings (SSSR count). The minimum atomic E-state index is -3.40. The van der Waals surface area contributed by atoms with Gasteiger partial charge in [0.1, 0.15) is 0 Å². The van der Waals surface area contributed by atoms with Crippen LogP contribution in [0.3, 0.4) is 0 Å². The molecule has 2 amide bonds. The van der Waals surface area contributed by atoms with Gasteiger partial charge in [-0.2, -0.15) is 0 Å². The predicted molar refractivity (Wildman–Crippen MR) is 121 cm³/mol. The summed E-state index contributed by atoms with van der Waals surface area (Å²) in [7, 11) is -3.40. The van der Waals surface area contributed by atoms with Gasteiger partial charge in [-0.1, -0.05) is 6.92 Å². The van der Waals surface area contributed by atoms with E-state index < -0.39 is 10.0 Å². The van der Waals surface area contributed by atoms with Crippen molar-refractivity contribution in [3.05, 3.63) is 23.8 Å². The predicted octanol–water partition coefficient (Wildman–Crippen LogP) is 1.02. The van der Waals surface area contributed by atoms with Crippen LogP contribution in [0.15, 0.2) is 27.5 Å². The van der Waals surface area contributed by atoms with Crippen molar-refractivity contribution in [2.75, 3.05) is 43.4 Å². The Balaban J connectivity index is 1.32. The van der Waals surface area contributed by atoms with Crippen LogP contribution in [0.5, 0.6) is 0 Å². The number of thioether (sulfide) groups is 1. The number of nitrogens with one attached hydrogen (secondary N) is 2. The number of carbonyl (C=O) groups is 2. The van der Waals surface area contributed by atoms with Crippen molar-refractivity contribution >= 4 is 44.5 Å². The van der Waals surface area contributed by atoms with Gasteiger partial charge in [0.2, 0.25) is 5.91 Å². The fourth-order valence-electron chi connectivity index (χ4n) is 3.90. The molecule has 0 unspecified atom stereocenters. The van der Waals surface area contributed by atoms with E-state index in [1.807, 2.05) is 17.9 Å². The zero-order valence-corrected chi connectivity index (χ0v) is 19.1. The van der Waals surface area contributed by atoms with Gasteiger partial charge in [0.15, 0.2) is 5.17 Å². The van der Waals surface area contributed by atoms with Gasteiger partial charge in [-0.25, -0.2) is 8.42 Å². The number of amidine groups is 1. The maximum Gasteiger partial charge on any atom is 0.257 e. The number of carbonyl (C=O) groups excluding carboxylic acids is 2. The van der Waals surface area contributed by atoms with Crippen LogP contribution in [0, 0.1) is 0 Å². The van der Waals surface area contributed by atoms with Gasteiger partial charge in [-0.05, 0) is 49.2 Å². The molecular formula is C20H27N5O4S2. The quantitative estimate of drug-likeness (QED) is 0.645. The normalized spacial score (nSPS) is 20.5. The van der Waals surface area contributed by atoms with Crippen LogP contribution in [0.25, 0.3) is 0 Å². The Morgan fingerprint density at radius 2 is 2.00 bits per heavy atom. The van der Waals surface area contributed by atoms with Crippen molar-refractivity contribution in [3.8, 4) is 0 Å². The molecule has 1 aromatic rings. The van der Waals surface area contributed by atoms with Gasteiger partial charge in [0.05, 0.1) is 18.0 Å². The highest BCUT2D eigenvalue weighted by Gasteiger charge is 2.33. The Labute approximate surface area is 186 Å². The first-order chi connectivity index (χ1) is 14.8. The standard InChI is InChI=1S/C20H27N5O4S2/c1-2-7-21-18(26)13-24-8-5-15(6-9-24)22-19(27)14-3-4-16-17(12-14)30-20-23-31(28,29)11-10-25(16)20/h3-4,12,15H,2,5-11,13H2,1H3,(H,21,26)(H,22,27). The second-order valence-electron chi connectivity index (χ2n) is 7.97. The molecule has 168 valence electrons. The molecule has 0 atom stereocenters. The van der Waals surface area contributed by atoms with E-state index in [1.165, 1.54) is 11.8 Å². The van der Waals surface area contributed by atoms with Crippen LogP contribution >= 0.6 is 11.8 Å². The van der Waals surface area contributed by atoms with Crippen LogP contribution < -0.4 is 15.5 Å². The molecule has 9 nitrogen and oxygen atoms in total. The first-order valence-electron chi connectivity index (χ1n) is 10.6. The molecule has 1 saturated heterocycles. The Bertz CT molecular complexity index is 1000. The lowest BCUT2D eigenvalue weighted by Gasteiger charge is -2.31. The van der Waals surface area contributed by atoms with Crippen molar-refractivity contribution in [1.29, 1.82) is 0 Å². The number of fused-ring (bicyclic) bond motifs is 3. The first-order valence-corrected chi connectivity index (χ1v) is 13.0. The monoisotopic (exact) mass is 465 g/mol. The highest BCUT2D eigenvalue weighted by atomic mass is 32.2. The molecule has 1 aromatic carbocycles. The fourth-order valence-corrected chi connectivity index (χ4v) is 6.20. The summed E-state index contributed by atoms with van der Waals surface area (Å²) in [5.74, 6) is -0.0896. The number of benzene rings is 1. The van der Waals surface area contributed by atoms with Crippen molar-refractivity contribution in [1.82, 2.24) is 15.5 Å². The molecule has 11 heteroatoms. The zero-order chi connectivity index (χ0) is 22.0. The van der Waals surface area contributed by atoms with E-state index in [0.717, 1.165) is 42.9 Å². The second-order valence-corrected chi connectivity index (χ2v) is 10.7. The summed E-state index contributed by atoms with van der Waals surface area (Å²) in [5.41, 5.74) is 1.45. The number of rotatable bonds is 6. The summed E-state index contributed by atoms with van der Waals surface area (Å²) in [4.78, 5) is 29.5. The molecular weight excluding hydrogens is 438 g/mol. The van der Waals surface area contributed by atoms with Crippen molar-refractivity contribution < 1.29 is 18.0 Å². The summed E-state index contributed by atoms with van der Waals surface area (Å²) < 4.78 is 27.4. The molecule has 1 fully saturated rings. The number of hydrogen-bond donors (Lipinski definition) is 2. The molecule has 31 heavy (non-hydrogen) atoms. The molecule has 0 spiro atoms. The van der Waals surface area contributed by atoms with Crippen LogP contribution in [-0.2, 0) is 14.8 Å². The van der Waals surface area contributed by atoms with E-state index in [4.69, 9.17) is 0 Å². The van der Waals surface area contributed by atoms with Gasteiger partial charge < -0.3 is 15.5 Å². The smallest absolute Gasteiger partial charge is 0.257 e. The number of hydrogen-bond acceptors (Lipinski definition) is 7.